The number of aromatic carboxylic acids is 1. The van der Waals surface area contributed by atoms with Crippen LogP contribution in [0.3, 0.4) is 0 Å². The molecule has 0 aliphatic heterocycles. The van der Waals surface area contributed by atoms with Gasteiger partial charge < -0.3 is 10.4 Å². The van der Waals surface area contributed by atoms with Gasteiger partial charge in [-0.25, -0.2) is 10.2 Å². The highest BCUT2D eigenvalue weighted by molar-refractivity contribution is 5.94. The first-order valence-corrected chi connectivity index (χ1v) is 7.71. The Morgan fingerprint density at radius 1 is 0.962 bits per heavy atom. The van der Waals surface area contributed by atoms with E-state index in [0.29, 0.717) is 5.56 Å². The molecule has 0 heterocycles. The summed E-state index contributed by atoms with van der Waals surface area (Å²) in [5.74, 6) is -1.89. The molecule has 2 amide bonds. The average molecular weight is 351 g/mol. The van der Waals surface area contributed by atoms with Crippen LogP contribution in [0, 0.1) is 0 Å². The van der Waals surface area contributed by atoms with Gasteiger partial charge in [-0.2, -0.15) is 5.10 Å². The van der Waals surface area contributed by atoms with Crippen molar-refractivity contribution in [3.8, 4) is 0 Å². The molecule has 0 aromatic heterocycles. The molecule has 0 radical (unpaired) electrons. The zero-order valence-electron chi connectivity index (χ0n) is 13.8. The van der Waals surface area contributed by atoms with Gasteiger partial charge in [0.15, 0.2) is 0 Å². The van der Waals surface area contributed by atoms with E-state index in [2.05, 4.69) is 15.8 Å². The number of hydrazone groups is 1. The smallest absolute Gasteiger partial charge is 0.335 e. The molecule has 0 unspecified atom stereocenters. The number of nitrogens with zero attached hydrogens (tertiary/aromatic N) is 1. The van der Waals surface area contributed by atoms with Crippen LogP contribution in [0.4, 0.5) is 0 Å². The first-order valence-electron chi connectivity index (χ1n) is 7.71. The average Bonchev–Trinajstić information content (AvgIpc) is 2.66. The minimum absolute atomic E-state index is 0.164. The third-order valence-corrected chi connectivity index (χ3v) is 3.21. The van der Waals surface area contributed by atoms with E-state index in [4.69, 9.17) is 5.11 Å². The quantitative estimate of drug-likeness (QED) is 0.400. The van der Waals surface area contributed by atoms with Crippen LogP contribution in [0.5, 0.6) is 0 Å². The van der Waals surface area contributed by atoms with Gasteiger partial charge in [0.2, 0.25) is 5.91 Å². The largest absolute Gasteiger partial charge is 0.478 e. The van der Waals surface area contributed by atoms with Gasteiger partial charge >= 0.3 is 5.97 Å². The number of rotatable bonds is 7. The van der Waals surface area contributed by atoms with Gasteiger partial charge in [-0.15, -0.1) is 0 Å². The van der Waals surface area contributed by atoms with E-state index < -0.39 is 17.8 Å². The lowest BCUT2D eigenvalue weighted by Gasteiger charge is -2.01. The Balaban J connectivity index is 1.73. The Kier molecular flexibility index (Phi) is 6.82. The number of nitrogens with one attached hydrogen (secondary N) is 2. The van der Waals surface area contributed by atoms with Crippen molar-refractivity contribution in [3.63, 3.8) is 0 Å². The third-order valence-electron chi connectivity index (χ3n) is 3.21. The number of carboxylic acids is 1. The zero-order chi connectivity index (χ0) is 18.8. The summed E-state index contributed by atoms with van der Waals surface area (Å²) in [7, 11) is 0. The van der Waals surface area contributed by atoms with Crippen LogP contribution in [-0.4, -0.2) is 35.6 Å². The fourth-order valence-corrected chi connectivity index (χ4v) is 1.89. The van der Waals surface area contributed by atoms with Crippen molar-refractivity contribution < 1.29 is 19.5 Å². The highest BCUT2D eigenvalue weighted by Crippen LogP contribution is 2.02. The molecule has 0 saturated heterocycles. The molecule has 0 spiro atoms. The van der Waals surface area contributed by atoms with Crippen molar-refractivity contribution >= 4 is 30.1 Å². The normalized spacial score (nSPS) is 10.8. The monoisotopic (exact) mass is 351 g/mol. The Morgan fingerprint density at radius 2 is 1.65 bits per heavy atom. The van der Waals surface area contributed by atoms with E-state index in [1.807, 2.05) is 30.3 Å². The highest BCUT2D eigenvalue weighted by atomic mass is 16.4. The van der Waals surface area contributed by atoms with Gasteiger partial charge in [-0.1, -0.05) is 42.5 Å². The maximum atomic E-state index is 11.6. The summed E-state index contributed by atoms with van der Waals surface area (Å²) in [6.07, 6.45) is 4.36. The molecule has 0 fully saturated rings. The van der Waals surface area contributed by atoms with E-state index in [1.165, 1.54) is 24.4 Å². The van der Waals surface area contributed by atoms with Gasteiger partial charge in [-0.05, 0) is 29.3 Å². The van der Waals surface area contributed by atoms with Gasteiger partial charge in [-0.3, -0.25) is 9.59 Å². The molecule has 2 aromatic rings. The first-order chi connectivity index (χ1) is 12.5. The molecule has 0 bridgehead atoms. The predicted molar refractivity (Wildman–Crippen MR) is 97.6 cm³/mol. The summed E-state index contributed by atoms with van der Waals surface area (Å²) in [6.45, 7) is -0.215. The molecule has 132 valence electrons. The molecule has 0 aliphatic rings. The van der Waals surface area contributed by atoms with Gasteiger partial charge in [0.25, 0.3) is 5.91 Å². The standard InChI is InChI=1S/C19H17N3O4/c23-17(11-8-14-4-2-1-3-5-14)20-13-18(24)22-21-12-15-6-9-16(10-7-15)19(25)26/h1-12H,13H2,(H,20,23)(H,22,24)(H,25,26)/b11-8+,21-12+. The molecule has 0 atom stereocenters. The van der Waals surface area contributed by atoms with Crippen LogP contribution < -0.4 is 10.7 Å². The molecule has 7 heteroatoms. The molecule has 3 N–H and O–H groups in total. The third kappa shape index (κ3) is 6.40. The second-order valence-electron chi connectivity index (χ2n) is 5.18. The minimum Gasteiger partial charge on any atom is -0.478 e. The van der Waals surface area contributed by atoms with Crippen molar-refractivity contribution in [2.24, 2.45) is 5.10 Å². The molecule has 0 saturated carbocycles. The number of amides is 2. The fourth-order valence-electron chi connectivity index (χ4n) is 1.89. The maximum Gasteiger partial charge on any atom is 0.335 e. The number of hydrogen-bond donors (Lipinski definition) is 3. The van der Waals surface area contributed by atoms with Gasteiger partial charge in [0, 0.05) is 6.08 Å². The molecule has 2 aromatic carbocycles. The molecule has 2 rings (SSSR count). The van der Waals surface area contributed by atoms with Crippen LogP contribution >= 0.6 is 0 Å². The molecule has 7 nitrogen and oxygen atoms in total. The molecular weight excluding hydrogens is 334 g/mol. The van der Waals surface area contributed by atoms with Crippen molar-refractivity contribution in [1.82, 2.24) is 10.7 Å². The number of carbonyl (C=O) groups excluding carboxylic acids is 2. The maximum absolute atomic E-state index is 11.6. The topological polar surface area (TPSA) is 108 Å². The van der Waals surface area contributed by atoms with Gasteiger partial charge in [0.05, 0.1) is 18.3 Å². The van der Waals surface area contributed by atoms with Gasteiger partial charge in [0.1, 0.15) is 0 Å². The molecule has 0 aliphatic carbocycles. The number of carboxylic acid groups (broad SMARTS) is 1. The number of carbonyl (C=O) groups is 3. The number of hydrogen-bond acceptors (Lipinski definition) is 4. The minimum atomic E-state index is -1.01. The summed E-state index contributed by atoms with van der Waals surface area (Å²) in [4.78, 5) is 34.0. The Bertz CT molecular complexity index is 828. The van der Waals surface area contributed by atoms with E-state index in [9.17, 15) is 14.4 Å². The molecular formula is C19H17N3O4. The second kappa shape index (κ2) is 9.53. The fraction of sp³-hybridized carbons (Fsp3) is 0.0526. The number of benzene rings is 2. The van der Waals surface area contributed by atoms with Crippen molar-refractivity contribution in [2.75, 3.05) is 6.54 Å². The summed E-state index contributed by atoms with van der Waals surface area (Å²) >= 11 is 0. The lowest BCUT2D eigenvalue weighted by molar-refractivity contribution is -0.123. The van der Waals surface area contributed by atoms with Crippen LogP contribution in [0.25, 0.3) is 6.08 Å². The summed E-state index contributed by atoms with van der Waals surface area (Å²) < 4.78 is 0. The van der Waals surface area contributed by atoms with E-state index in [0.717, 1.165) is 5.56 Å². The Labute approximate surface area is 150 Å². The first kappa shape index (κ1) is 18.6. The van der Waals surface area contributed by atoms with Crippen molar-refractivity contribution in [2.45, 2.75) is 0 Å². The summed E-state index contributed by atoms with van der Waals surface area (Å²) in [6, 6.07) is 15.3. The van der Waals surface area contributed by atoms with Crippen LogP contribution in [0.1, 0.15) is 21.5 Å². The van der Waals surface area contributed by atoms with E-state index >= 15 is 0 Å². The zero-order valence-corrected chi connectivity index (χ0v) is 13.8. The molecule has 26 heavy (non-hydrogen) atoms. The SMILES string of the molecule is O=C(/C=C/c1ccccc1)NCC(=O)N/N=C/c1ccc(C(=O)O)cc1. The van der Waals surface area contributed by atoms with Crippen LogP contribution in [-0.2, 0) is 9.59 Å². The highest BCUT2D eigenvalue weighted by Gasteiger charge is 2.02. The van der Waals surface area contributed by atoms with Crippen LogP contribution in [0.2, 0.25) is 0 Å². The van der Waals surface area contributed by atoms with E-state index in [-0.39, 0.29) is 12.1 Å². The van der Waals surface area contributed by atoms with Crippen molar-refractivity contribution in [3.05, 3.63) is 77.4 Å². The summed E-state index contributed by atoms with van der Waals surface area (Å²) in [5.41, 5.74) is 3.95. The lowest BCUT2D eigenvalue weighted by Crippen LogP contribution is -2.34. The summed E-state index contributed by atoms with van der Waals surface area (Å²) in [5, 5.41) is 15.0. The Morgan fingerprint density at radius 3 is 2.31 bits per heavy atom. The van der Waals surface area contributed by atoms with E-state index in [1.54, 1.807) is 18.2 Å². The Hall–Kier alpha value is -3.74. The van der Waals surface area contributed by atoms with Crippen molar-refractivity contribution in [1.29, 1.82) is 0 Å². The van der Waals surface area contributed by atoms with Crippen LogP contribution in [0.15, 0.2) is 65.8 Å². The lowest BCUT2D eigenvalue weighted by atomic mass is 10.1. The second-order valence-corrected chi connectivity index (χ2v) is 5.18. The predicted octanol–water partition coefficient (Wildman–Crippen LogP) is 1.66.